The van der Waals surface area contributed by atoms with Gasteiger partial charge >= 0.3 is 0 Å². The zero-order valence-electron chi connectivity index (χ0n) is 24.7. The molecule has 2 heterocycles. The van der Waals surface area contributed by atoms with Crippen molar-refractivity contribution in [2.45, 2.75) is 37.9 Å². The predicted molar refractivity (Wildman–Crippen MR) is 165 cm³/mol. The van der Waals surface area contributed by atoms with Crippen LogP contribution in [0.2, 0.25) is 5.02 Å². The quantitative estimate of drug-likeness (QED) is 0.263. The van der Waals surface area contributed by atoms with E-state index < -0.39 is 11.6 Å². The molecule has 44 heavy (non-hydrogen) atoms. The first-order valence-electron chi connectivity index (χ1n) is 14.6. The van der Waals surface area contributed by atoms with Gasteiger partial charge in [0.05, 0.1) is 37.0 Å². The van der Waals surface area contributed by atoms with Crippen molar-refractivity contribution < 1.29 is 32.6 Å². The van der Waals surface area contributed by atoms with Gasteiger partial charge in [-0.15, -0.1) is 0 Å². The molecule has 0 atom stereocenters. The molecule has 0 bridgehead atoms. The molecular weight excluding hydrogens is 590 g/mol. The van der Waals surface area contributed by atoms with Crippen LogP contribution in [0.25, 0.3) is 17.2 Å². The van der Waals surface area contributed by atoms with Crippen LogP contribution in [0.4, 0.5) is 8.78 Å². The number of likely N-dealkylation sites (tertiary alicyclic amines) is 2. The summed E-state index contributed by atoms with van der Waals surface area (Å²) < 4.78 is 44.4. The predicted octanol–water partition coefficient (Wildman–Crippen LogP) is 6.63. The Kier molecular flexibility index (Phi) is 10.2. The van der Waals surface area contributed by atoms with Crippen LogP contribution >= 0.6 is 11.6 Å². The van der Waals surface area contributed by atoms with Gasteiger partial charge in [-0.2, -0.15) is 0 Å². The largest absolute Gasteiger partial charge is 0.497 e. The normalized spacial score (nSPS) is 16.4. The maximum atomic E-state index is 13.9. The summed E-state index contributed by atoms with van der Waals surface area (Å²) in [6.45, 7) is 2.25. The summed E-state index contributed by atoms with van der Waals surface area (Å²) in [4.78, 5) is 29.5. The van der Waals surface area contributed by atoms with Crippen LogP contribution in [0.3, 0.4) is 0 Å². The molecule has 3 aromatic rings. The van der Waals surface area contributed by atoms with E-state index in [1.54, 1.807) is 46.2 Å². The van der Waals surface area contributed by atoms with Crippen LogP contribution in [-0.4, -0.2) is 74.2 Å². The number of ether oxygens (including phenoxy) is 3. The third-order valence-electron chi connectivity index (χ3n) is 8.09. The Morgan fingerprint density at radius 3 is 2.14 bits per heavy atom. The van der Waals surface area contributed by atoms with Gasteiger partial charge in [0.2, 0.25) is 5.91 Å². The number of carbonyl (C=O) groups is 2. The van der Waals surface area contributed by atoms with Crippen molar-refractivity contribution >= 4 is 29.5 Å². The average molecular weight is 625 g/mol. The van der Waals surface area contributed by atoms with E-state index in [-0.39, 0.29) is 24.0 Å². The molecule has 2 amide bonds. The molecule has 0 saturated carbocycles. The number of carbonyl (C=O) groups excluding carboxylic acids is 2. The highest BCUT2D eigenvalue weighted by Gasteiger charge is 2.29. The monoisotopic (exact) mass is 624 g/mol. The SMILES string of the molecule is COc1cc(F)cc(/C=C/C(=O)N2CCC(OC3CCN(C(=O)c4ccc(-c5cc(F)ccc5OC)cc4Cl)CC3)CC2)c1. The second-order valence-corrected chi connectivity index (χ2v) is 11.4. The Labute approximate surface area is 261 Å². The third kappa shape index (κ3) is 7.57. The smallest absolute Gasteiger partial charge is 0.255 e. The molecule has 2 fully saturated rings. The second kappa shape index (κ2) is 14.2. The van der Waals surface area contributed by atoms with Gasteiger partial charge in [0.25, 0.3) is 5.91 Å². The van der Waals surface area contributed by atoms with Crippen molar-refractivity contribution in [3.05, 3.63) is 88.5 Å². The number of hydrogen-bond donors (Lipinski definition) is 0. The highest BCUT2D eigenvalue weighted by molar-refractivity contribution is 6.34. The summed E-state index contributed by atoms with van der Waals surface area (Å²) >= 11 is 6.53. The van der Waals surface area contributed by atoms with E-state index in [0.717, 1.165) is 12.8 Å². The molecule has 0 spiro atoms. The van der Waals surface area contributed by atoms with Gasteiger partial charge in [-0.25, -0.2) is 8.78 Å². The van der Waals surface area contributed by atoms with Crippen LogP contribution in [0.15, 0.2) is 60.7 Å². The Balaban J connectivity index is 1.09. The highest BCUT2D eigenvalue weighted by atomic mass is 35.5. The summed E-state index contributed by atoms with van der Waals surface area (Å²) in [5, 5.41) is 0.295. The van der Waals surface area contributed by atoms with Crippen molar-refractivity contribution in [1.82, 2.24) is 9.80 Å². The lowest BCUT2D eigenvalue weighted by molar-refractivity contribution is -0.129. The first-order chi connectivity index (χ1) is 21.2. The minimum atomic E-state index is -0.425. The van der Waals surface area contributed by atoms with Gasteiger partial charge in [0.1, 0.15) is 23.1 Å². The van der Waals surface area contributed by atoms with E-state index in [2.05, 4.69) is 0 Å². The molecule has 232 valence electrons. The summed E-state index contributed by atoms with van der Waals surface area (Å²) in [5.41, 5.74) is 2.17. The Morgan fingerprint density at radius 1 is 0.818 bits per heavy atom. The van der Waals surface area contributed by atoms with Gasteiger partial charge in [0.15, 0.2) is 0 Å². The van der Waals surface area contributed by atoms with E-state index in [1.165, 1.54) is 44.6 Å². The van der Waals surface area contributed by atoms with Gasteiger partial charge in [-0.3, -0.25) is 9.59 Å². The molecule has 3 aromatic carbocycles. The molecule has 5 rings (SSSR count). The van der Waals surface area contributed by atoms with Gasteiger partial charge in [-0.05, 0) is 85.4 Å². The van der Waals surface area contributed by atoms with Crippen molar-refractivity contribution in [2.75, 3.05) is 40.4 Å². The first kappa shape index (κ1) is 31.5. The van der Waals surface area contributed by atoms with Gasteiger partial charge in [0, 0.05) is 43.9 Å². The standard InChI is InChI=1S/C34H35ClF2N2O5/c1-42-28-18-22(17-25(37)20-28)3-8-33(40)38-13-9-26(10-14-38)44-27-11-15-39(16-12-27)34(41)29-6-4-23(19-31(29)35)30-21-24(36)5-7-32(30)43-2/h3-8,17-21,26-27H,9-16H2,1-2H3/b8-3+. The Bertz CT molecular complexity index is 1530. The summed E-state index contributed by atoms with van der Waals surface area (Å²) in [5.74, 6) is -0.182. The summed E-state index contributed by atoms with van der Waals surface area (Å²) in [7, 11) is 2.98. The molecule has 2 aliphatic rings. The maximum Gasteiger partial charge on any atom is 0.255 e. The minimum Gasteiger partial charge on any atom is -0.497 e. The molecule has 2 saturated heterocycles. The topological polar surface area (TPSA) is 68.3 Å². The maximum absolute atomic E-state index is 13.9. The molecule has 7 nitrogen and oxygen atoms in total. The van der Waals surface area contributed by atoms with E-state index in [9.17, 15) is 18.4 Å². The average Bonchev–Trinajstić information content (AvgIpc) is 3.03. The molecular formula is C34H35ClF2N2O5. The lowest BCUT2D eigenvalue weighted by Crippen LogP contribution is -2.44. The van der Waals surface area contributed by atoms with E-state index in [4.69, 9.17) is 25.8 Å². The number of halogens is 3. The van der Waals surface area contributed by atoms with Crippen LogP contribution < -0.4 is 9.47 Å². The number of rotatable bonds is 8. The minimum absolute atomic E-state index is 0.0347. The highest BCUT2D eigenvalue weighted by Crippen LogP contribution is 2.34. The van der Waals surface area contributed by atoms with E-state index in [0.29, 0.717) is 77.8 Å². The van der Waals surface area contributed by atoms with E-state index in [1.807, 2.05) is 0 Å². The molecule has 0 aliphatic carbocycles. The fourth-order valence-electron chi connectivity index (χ4n) is 5.68. The molecule has 0 N–H and O–H groups in total. The van der Waals surface area contributed by atoms with Crippen LogP contribution in [0.5, 0.6) is 11.5 Å². The fraction of sp³-hybridized carbons (Fsp3) is 0.353. The van der Waals surface area contributed by atoms with Gasteiger partial charge in [-0.1, -0.05) is 17.7 Å². The lowest BCUT2D eigenvalue weighted by Gasteiger charge is -2.37. The van der Waals surface area contributed by atoms with Crippen molar-refractivity contribution in [1.29, 1.82) is 0 Å². The molecule has 0 radical (unpaired) electrons. The molecule has 0 unspecified atom stereocenters. The Hall–Kier alpha value is -3.95. The molecule has 2 aliphatic heterocycles. The van der Waals surface area contributed by atoms with Crippen LogP contribution in [-0.2, 0) is 9.53 Å². The number of amides is 2. The van der Waals surface area contributed by atoms with Crippen molar-refractivity contribution in [3.63, 3.8) is 0 Å². The zero-order valence-corrected chi connectivity index (χ0v) is 25.5. The summed E-state index contributed by atoms with van der Waals surface area (Å²) in [6.07, 6.45) is 6.00. The van der Waals surface area contributed by atoms with E-state index >= 15 is 0 Å². The fourth-order valence-corrected chi connectivity index (χ4v) is 5.94. The molecule has 0 aromatic heterocycles. The molecule has 10 heteroatoms. The van der Waals surface area contributed by atoms with Crippen molar-refractivity contribution in [3.8, 4) is 22.6 Å². The number of piperidine rings is 2. The lowest BCUT2D eigenvalue weighted by atomic mass is 10.0. The number of methoxy groups -OCH3 is 2. The second-order valence-electron chi connectivity index (χ2n) is 10.9. The number of benzene rings is 3. The van der Waals surface area contributed by atoms with Gasteiger partial charge < -0.3 is 24.0 Å². The van der Waals surface area contributed by atoms with Crippen LogP contribution in [0, 0.1) is 11.6 Å². The summed E-state index contributed by atoms with van der Waals surface area (Å²) in [6, 6.07) is 13.6. The first-order valence-corrected chi connectivity index (χ1v) is 15.0. The zero-order chi connectivity index (χ0) is 31.2. The Morgan fingerprint density at radius 2 is 1.50 bits per heavy atom. The number of hydrogen-bond acceptors (Lipinski definition) is 5. The third-order valence-corrected chi connectivity index (χ3v) is 8.40. The van der Waals surface area contributed by atoms with Crippen LogP contribution in [0.1, 0.15) is 41.6 Å². The number of nitrogens with zero attached hydrogens (tertiary/aromatic N) is 2. The van der Waals surface area contributed by atoms with Crippen molar-refractivity contribution in [2.24, 2.45) is 0 Å².